The van der Waals surface area contributed by atoms with E-state index in [-0.39, 0.29) is 6.04 Å². The molecular formula is C15H11BrClNO. The summed E-state index contributed by atoms with van der Waals surface area (Å²) in [4.78, 5) is 0. The zero-order valence-electron chi connectivity index (χ0n) is 9.94. The third-order valence-electron chi connectivity index (χ3n) is 3.04. The lowest BCUT2D eigenvalue weighted by Crippen LogP contribution is -2.11. The summed E-state index contributed by atoms with van der Waals surface area (Å²) in [6.07, 6.45) is 0. The van der Waals surface area contributed by atoms with E-state index < -0.39 is 0 Å². The van der Waals surface area contributed by atoms with Gasteiger partial charge < -0.3 is 10.2 Å². The summed E-state index contributed by atoms with van der Waals surface area (Å²) in [5, 5.41) is 1.67. The molecule has 1 atom stereocenters. The summed E-state index contributed by atoms with van der Waals surface area (Å²) in [5.41, 5.74) is 7.91. The maximum absolute atomic E-state index is 6.23. The van der Waals surface area contributed by atoms with E-state index in [1.807, 2.05) is 48.5 Å². The van der Waals surface area contributed by atoms with Crippen LogP contribution in [0.1, 0.15) is 17.4 Å². The van der Waals surface area contributed by atoms with Gasteiger partial charge in [-0.2, -0.15) is 0 Å². The van der Waals surface area contributed by atoms with Crippen molar-refractivity contribution in [3.05, 3.63) is 69.3 Å². The molecule has 2 aromatic carbocycles. The number of benzene rings is 2. The van der Waals surface area contributed by atoms with Gasteiger partial charge in [0, 0.05) is 14.9 Å². The van der Waals surface area contributed by atoms with E-state index in [2.05, 4.69) is 15.9 Å². The van der Waals surface area contributed by atoms with Crippen LogP contribution < -0.4 is 5.73 Å². The summed E-state index contributed by atoms with van der Waals surface area (Å²) in [6.45, 7) is 0. The fourth-order valence-corrected chi connectivity index (χ4v) is 2.70. The highest BCUT2D eigenvalue weighted by Gasteiger charge is 2.16. The number of hydrogen-bond acceptors (Lipinski definition) is 2. The Labute approximate surface area is 124 Å². The molecule has 0 fully saturated rings. The topological polar surface area (TPSA) is 39.2 Å². The fraction of sp³-hybridized carbons (Fsp3) is 0.0667. The molecule has 0 radical (unpaired) electrons. The van der Waals surface area contributed by atoms with Crippen LogP contribution in [-0.4, -0.2) is 0 Å². The fourth-order valence-electron chi connectivity index (χ4n) is 2.07. The highest BCUT2D eigenvalue weighted by Crippen LogP contribution is 2.31. The van der Waals surface area contributed by atoms with E-state index in [0.29, 0.717) is 10.8 Å². The van der Waals surface area contributed by atoms with Crippen molar-refractivity contribution >= 4 is 38.5 Å². The summed E-state index contributed by atoms with van der Waals surface area (Å²) in [6, 6.07) is 15.0. The second-order valence-electron chi connectivity index (χ2n) is 4.33. The molecule has 3 aromatic rings. The summed E-state index contributed by atoms with van der Waals surface area (Å²) in [7, 11) is 0. The van der Waals surface area contributed by atoms with E-state index in [0.717, 1.165) is 21.0 Å². The van der Waals surface area contributed by atoms with E-state index >= 15 is 0 Å². The minimum atomic E-state index is -0.361. The summed E-state index contributed by atoms with van der Waals surface area (Å²) >= 11 is 9.60. The predicted molar refractivity (Wildman–Crippen MR) is 81.4 cm³/mol. The molecule has 96 valence electrons. The Morgan fingerprint density at radius 1 is 1.11 bits per heavy atom. The maximum atomic E-state index is 6.23. The zero-order valence-corrected chi connectivity index (χ0v) is 12.3. The van der Waals surface area contributed by atoms with Crippen LogP contribution in [0.2, 0.25) is 5.02 Å². The van der Waals surface area contributed by atoms with Gasteiger partial charge in [0.25, 0.3) is 0 Å². The molecule has 3 rings (SSSR count). The molecule has 0 bridgehead atoms. The second kappa shape index (κ2) is 5.00. The monoisotopic (exact) mass is 335 g/mol. The standard InChI is InChI=1S/C15H11BrClNO/c16-10-5-6-13-9(7-10)8-14(19-13)15(18)11-3-1-2-4-12(11)17/h1-8,15H,18H2. The Balaban J connectivity index is 2.07. The van der Waals surface area contributed by atoms with Gasteiger partial charge in [0.15, 0.2) is 0 Å². The number of furan rings is 1. The van der Waals surface area contributed by atoms with Gasteiger partial charge in [-0.25, -0.2) is 0 Å². The summed E-state index contributed by atoms with van der Waals surface area (Å²) < 4.78 is 6.80. The predicted octanol–water partition coefficient (Wildman–Crippen LogP) is 4.90. The Kier molecular flexibility index (Phi) is 3.35. The van der Waals surface area contributed by atoms with Gasteiger partial charge in [0.05, 0.1) is 6.04 Å². The number of nitrogens with two attached hydrogens (primary N) is 1. The third-order valence-corrected chi connectivity index (χ3v) is 3.88. The maximum Gasteiger partial charge on any atom is 0.134 e. The van der Waals surface area contributed by atoms with Crippen LogP contribution in [0.25, 0.3) is 11.0 Å². The van der Waals surface area contributed by atoms with E-state index in [4.69, 9.17) is 21.8 Å². The van der Waals surface area contributed by atoms with Crippen LogP contribution >= 0.6 is 27.5 Å². The highest BCUT2D eigenvalue weighted by atomic mass is 79.9. The molecule has 0 saturated carbocycles. The van der Waals surface area contributed by atoms with E-state index in [1.54, 1.807) is 0 Å². The van der Waals surface area contributed by atoms with Crippen molar-refractivity contribution in [3.63, 3.8) is 0 Å². The Morgan fingerprint density at radius 2 is 1.89 bits per heavy atom. The molecule has 1 heterocycles. The van der Waals surface area contributed by atoms with Crippen molar-refractivity contribution in [2.45, 2.75) is 6.04 Å². The molecule has 0 aliphatic rings. The van der Waals surface area contributed by atoms with Crippen molar-refractivity contribution < 1.29 is 4.42 Å². The van der Waals surface area contributed by atoms with Crippen molar-refractivity contribution in [1.82, 2.24) is 0 Å². The first-order valence-electron chi connectivity index (χ1n) is 5.84. The van der Waals surface area contributed by atoms with Crippen molar-refractivity contribution in [3.8, 4) is 0 Å². The lowest BCUT2D eigenvalue weighted by molar-refractivity contribution is 0.525. The average molecular weight is 337 g/mol. The highest BCUT2D eigenvalue weighted by molar-refractivity contribution is 9.10. The molecule has 1 unspecified atom stereocenters. The molecule has 0 saturated heterocycles. The smallest absolute Gasteiger partial charge is 0.134 e. The molecule has 0 aliphatic heterocycles. The minimum Gasteiger partial charge on any atom is -0.459 e. The normalized spacial score (nSPS) is 12.8. The quantitative estimate of drug-likeness (QED) is 0.723. The first kappa shape index (κ1) is 12.7. The Bertz CT molecular complexity index is 738. The molecule has 2 N–H and O–H groups in total. The first-order chi connectivity index (χ1) is 9.15. The van der Waals surface area contributed by atoms with Crippen molar-refractivity contribution in [2.75, 3.05) is 0 Å². The van der Waals surface area contributed by atoms with Crippen LogP contribution in [-0.2, 0) is 0 Å². The number of halogens is 2. The Hall–Kier alpha value is -1.29. The van der Waals surface area contributed by atoms with Gasteiger partial charge in [0.1, 0.15) is 11.3 Å². The summed E-state index contributed by atoms with van der Waals surface area (Å²) in [5.74, 6) is 0.709. The van der Waals surface area contributed by atoms with Crippen LogP contribution in [0.4, 0.5) is 0 Å². The lowest BCUT2D eigenvalue weighted by Gasteiger charge is -2.10. The van der Waals surface area contributed by atoms with Crippen LogP contribution in [0, 0.1) is 0 Å². The largest absolute Gasteiger partial charge is 0.459 e. The molecule has 0 amide bonds. The number of hydrogen-bond donors (Lipinski definition) is 1. The molecule has 1 aromatic heterocycles. The zero-order chi connectivity index (χ0) is 13.4. The van der Waals surface area contributed by atoms with Crippen molar-refractivity contribution in [1.29, 1.82) is 0 Å². The molecule has 0 aliphatic carbocycles. The van der Waals surface area contributed by atoms with E-state index in [1.165, 1.54) is 0 Å². The third kappa shape index (κ3) is 2.41. The average Bonchev–Trinajstić information content (AvgIpc) is 2.81. The van der Waals surface area contributed by atoms with Gasteiger partial charge in [-0.1, -0.05) is 45.7 Å². The Morgan fingerprint density at radius 3 is 2.68 bits per heavy atom. The van der Waals surface area contributed by atoms with Gasteiger partial charge in [-0.15, -0.1) is 0 Å². The van der Waals surface area contributed by atoms with Gasteiger partial charge in [-0.05, 0) is 35.9 Å². The molecule has 4 heteroatoms. The molecule has 19 heavy (non-hydrogen) atoms. The van der Waals surface area contributed by atoms with Crippen LogP contribution in [0.15, 0.2) is 57.4 Å². The van der Waals surface area contributed by atoms with Crippen LogP contribution in [0.3, 0.4) is 0 Å². The lowest BCUT2D eigenvalue weighted by atomic mass is 10.1. The SMILES string of the molecule is NC(c1cc2cc(Br)ccc2o1)c1ccccc1Cl. The number of rotatable bonds is 2. The molecule has 0 spiro atoms. The van der Waals surface area contributed by atoms with E-state index in [9.17, 15) is 0 Å². The second-order valence-corrected chi connectivity index (χ2v) is 5.65. The molecular weight excluding hydrogens is 326 g/mol. The van der Waals surface area contributed by atoms with Gasteiger partial charge in [0.2, 0.25) is 0 Å². The first-order valence-corrected chi connectivity index (χ1v) is 7.01. The number of fused-ring (bicyclic) bond motifs is 1. The van der Waals surface area contributed by atoms with Crippen molar-refractivity contribution in [2.24, 2.45) is 5.73 Å². The minimum absolute atomic E-state index is 0.361. The van der Waals surface area contributed by atoms with Gasteiger partial charge >= 0.3 is 0 Å². The van der Waals surface area contributed by atoms with Gasteiger partial charge in [-0.3, -0.25) is 0 Å². The van der Waals surface area contributed by atoms with Crippen LogP contribution in [0.5, 0.6) is 0 Å². The molecule has 2 nitrogen and oxygen atoms in total.